The number of halogens is 3. The fraction of sp³-hybridized carbons (Fsp3) is 0.449. The number of benzene rings is 3. The van der Waals surface area contributed by atoms with Crippen LogP contribution in [-0.2, 0) is 30.6 Å². The molecule has 2 aromatic heterocycles. The molecule has 2 fully saturated rings. The van der Waals surface area contributed by atoms with Crippen LogP contribution in [0.25, 0.3) is 22.2 Å². The number of nitrogen functional groups attached to an aromatic ring is 1. The molecule has 0 atom stereocenters. The maximum absolute atomic E-state index is 13.8. The highest BCUT2D eigenvalue weighted by molar-refractivity contribution is 7.90. The van der Waals surface area contributed by atoms with E-state index < -0.39 is 22.6 Å². The van der Waals surface area contributed by atoms with Gasteiger partial charge >= 0.3 is 12.2 Å². The Morgan fingerprint density at radius 3 is 2.30 bits per heavy atom. The Balaban J connectivity index is 0.745. The Morgan fingerprint density at radius 1 is 0.873 bits per heavy atom. The van der Waals surface area contributed by atoms with Crippen molar-refractivity contribution in [3.05, 3.63) is 78.5 Å². The summed E-state index contributed by atoms with van der Waals surface area (Å²) in [6.07, 6.45) is -1.67. The van der Waals surface area contributed by atoms with Gasteiger partial charge in [-0.15, -0.1) is 10.2 Å². The van der Waals surface area contributed by atoms with Gasteiger partial charge in [-0.3, -0.25) is 0 Å². The lowest BCUT2D eigenvalue weighted by molar-refractivity contribution is -0.140. The molecule has 382 valence electrons. The van der Waals surface area contributed by atoms with Gasteiger partial charge in [0.15, 0.2) is 15.7 Å². The average molecular weight is 1010 g/mol. The molecule has 0 unspecified atom stereocenters. The first kappa shape index (κ1) is 52.3. The van der Waals surface area contributed by atoms with E-state index in [0.717, 1.165) is 44.4 Å². The second kappa shape index (κ2) is 24.6. The van der Waals surface area contributed by atoms with Crippen molar-refractivity contribution < 1.29 is 50.4 Å². The Hall–Kier alpha value is -6.51. The number of phenolic OH excluding ortho intramolecular Hbond substituents is 1. The molecule has 2 aliphatic heterocycles. The van der Waals surface area contributed by atoms with E-state index in [-0.39, 0.29) is 40.8 Å². The van der Waals surface area contributed by atoms with Gasteiger partial charge in [0.25, 0.3) is 0 Å². The van der Waals surface area contributed by atoms with Crippen LogP contribution in [-0.4, -0.2) is 168 Å². The van der Waals surface area contributed by atoms with Gasteiger partial charge in [0.2, 0.25) is 0 Å². The number of sulfone groups is 1. The molecular formula is C49H61F3N10O8S. The number of hydrogen-bond acceptors (Lipinski definition) is 15. The molecule has 7 rings (SSSR count). The molecule has 2 aliphatic rings. The molecule has 2 saturated heterocycles. The number of piperazine rings is 1. The van der Waals surface area contributed by atoms with Gasteiger partial charge in [-0.2, -0.15) is 13.2 Å². The van der Waals surface area contributed by atoms with Crippen molar-refractivity contribution in [1.29, 1.82) is 0 Å². The van der Waals surface area contributed by atoms with Gasteiger partial charge < -0.3 is 65.0 Å². The number of amides is 2. The molecule has 0 spiro atoms. The maximum Gasteiger partial charge on any atom is 0.406 e. The molecule has 0 aliphatic carbocycles. The summed E-state index contributed by atoms with van der Waals surface area (Å²) in [7, 11) is -2.03. The number of ether oxygens (including phenoxy) is 4. The van der Waals surface area contributed by atoms with Crippen molar-refractivity contribution in [3.8, 4) is 34.6 Å². The van der Waals surface area contributed by atoms with E-state index in [1.807, 2.05) is 18.2 Å². The van der Waals surface area contributed by atoms with Crippen LogP contribution in [0.4, 0.5) is 40.8 Å². The Bertz CT molecular complexity index is 2750. The van der Waals surface area contributed by atoms with E-state index in [9.17, 15) is 31.5 Å². The number of fused-ring (bicyclic) bond motifs is 1. The third-order valence-corrected chi connectivity index (χ3v) is 13.2. The second-order valence-corrected chi connectivity index (χ2v) is 19.1. The summed E-state index contributed by atoms with van der Waals surface area (Å²) >= 11 is 0. The lowest BCUT2D eigenvalue weighted by Crippen LogP contribution is -2.52. The van der Waals surface area contributed by atoms with Crippen molar-refractivity contribution in [3.63, 3.8) is 0 Å². The molecule has 3 aromatic carbocycles. The number of aromatic nitrogens is 3. The fourth-order valence-electron chi connectivity index (χ4n) is 8.40. The average Bonchev–Trinajstić information content (AvgIpc) is 3.69. The highest BCUT2D eigenvalue weighted by atomic mass is 32.2. The fourth-order valence-corrected chi connectivity index (χ4v) is 9.04. The number of piperidine rings is 1. The molecule has 2 amide bonds. The molecule has 18 nitrogen and oxygen atoms in total. The highest BCUT2D eigenvalue weighted by Gasteiger charge is 2.30. The third kappa shape index (κ3) is 14.8. The standard InChI is InChI=1S/C49H61F3N10O8S/c1-67-46-32-37(71(2,65)66)12-13-41(46)54-16-6-7-36-31-39-40(9-5-10-43(39)62(36)34-49(50,51)52)56-35-14-18-59(19-15-35)24-26-69-28-30-70-29-27-68-25-17-55-48(64)61-22-20-60(21-23-61)44-33-42(57-58-47(44)53)38-8-3-4-11-45(38)63/h3-5,8-13,31-33,35,54,56,63H,14-30,34H2,1-2H3,(H2,53,58)(H,55,64). The zero-order valence-electron chi connectivity index (χ0n) is 39.8. The number of nitrogens with one attached hydrogen (secondary N) is 3. The van der Waals surface area contributed by atoms with Crippen LogP contribution in [0, 0.1) is 11.8 Å². The molecule has 5 aromatic rings. The number of likely N-dealkylation sites (tertiary alicyclic amines) is 1. The summed E-state index contributed by atoms with van der Waals surface area (Å²) in [5.74, 6) is 6.50. The van der Waals surface area contributed by atoms with Gasteiger partial charge in [-0.1, -0.05) is 24.1 Å². The number of nitrogens with two attached hydrogens (primary N) is 1. The van der Waals surface area contributed by atoms with Gasteiger partial charge in [0.1, 0.15) is 18.0 Å². The zero-order valence-corrected chi connectivity index (χ0v) is 40.7. The van der Waals surface area contributed by atoms with Gasteiger partial charge in [0.05, 0.1) is 86.5 Å². The smallest absolute Gasteiger partial charge is 0.406 e. The number of para-hydroxylation sites is 1. The number of carbonyl (C=O) groups is 1. The zero-order chi connectivity index (χ0) is 50.4. The van der Waals surface area contributed by atoms with Gasteiger partial charge in [-0.25, -0.2) is 13.2 Å². The summed E-state index contributed by atoms with van der Waals surface area (Å²) in [6, 6.07) is 20.1. The van der Waals surface area contributed by atoms with Crippen molar-refractivity contribution in [2.75, 3.05) is 133 Å². The second-order valence-electron chi connectivity index (χ2n) is 17.1. The van der Waals surface area contributed by atoms with Crippen molar-refractivity contribution in [2.24, 2.45) is 0 Å². The number of phenols is 1. The molecule has 6 N–H and O–H groups in total. The summed E-state index contributed by atoms with van der Waals surface area (Å²) < 4.78 is 89.0. The molecular weight excluding hydrogens is 946 g/mol. The first-order valence-electron chi connectivity index (χ1n) is 23.4. The predicted octanol–water partition coefficient (Wildman–Crippen LogP) is 5.28. The van der Waals surface area contributed by atoms with Crippen LogP contribution in [0.3, 0.4) is 0 Å². The number of carbonyl (C=O) groups excluding carboxylic acids is 1. The number of anilines is 4. The first-order chi connectivity index (χ1) is 34.2. The molecule has 0 bridgehead atoms. The number of aromatic hydroxyl groups is 1. The van der Waals surface area contributed by atoms with Crippen LogP contribution < -0.4 is 31.3 Å². The predicted molar refractivity (Wildman–Crippen MR) is 266 cm³/mol. The van der Waals surface area contributed by atoms with E-state index in [1.54, 1.807) is 47.4 Å². The van der Waals surface area contributed by atoms with Crippen LogP contribution in [0.2, 0.25) is 0 Å². The van der Waals surface area contributed by atoms with Crippen LogP contribution in [0.1, 0.15) is 18.5 Å². The molecule has 22 heteroatoms. The number of methoxy groups -OCH3 is 1. The Morgan fingerprint density at radius 2 is 1.59 bits per heavy atom. The summed E-state index contributed by atoms with van der Waals surface area (Å²) in [5, 5.41) is 28.7. The lowest BCUT2D eigenvalue weighted by atomic mass is 10.0. The SMILES string of the molecule is COc1cc(S(C)(=O)=O)ccc1NCC#Cc1cc2c(NC3CCN(CCOCCOCCOCCNC(=O)N4CCN(c5cc(-c6ccccc6O)nnc5N)CC4)CC3)cccc2n1CC(F)(F)F. The number of nitrogens with zero attached hydrogens (tertiary/aromatic N) is 6. The minimum absolute atomic E-state index is 0.0739. The topological polar surface area (TPSA) is 211 Å². The van der Waals surface area contributed by atoms with Gasteiger partial charge in [-0.05, 0) is 67.3 Å². The maximum atomic E-state index is 13.8. The van der Waals surface area contributed by atoms with Crippen LogP contribution in [0.5, 0.6) is 11.5 Å². The summed E-state index contributed by atoms with van der Waals surface area (Å²) in [4.78, 5) is 19.0. The van der Waals surface area contributed by atoms with E-state index in [0.29, 0.717) is 112 Å². The quantitative estimate of drug-likeness (QED) is 0.0468. The van der Waals surface area contributed by atoms with Gasteiger partial charge in [0, 0.05) is 87.4 Å². The molecule has 0 radical (unpaired) electrons. The van der Waals surface area contributed by atoms with E-state index >= 15 is 0 Å². The van der Waals surface area contributed by atoms with Crippen molar-refractivity contribution >= 4 is 49.7 Å². The summed E-state index contributed by atoms with van der Waals surface area (Å²) in [6.45, 7) is 6.35. The van der Waals surface area contributed by atoms with Crippen molar-refractivity contribution in [1.82, 2.24) is 29.9 Å². The lowest BCUT2D eigenvalue weighted by Gasteiger charge is -2.36. The van der Waals surface area contributed by atoms with Crippen molar-refractivity contribution in [2.45, 2.75) is 36.5 Å². The number of hydrogen-bond donors (Lipinski definition) is 5. The van der Waals surface area contributed by atoms with Crippen LogP contribution in [0.15, 0.2) is 77.7 Å². The normalized spacial score (nSPS) is 14.8. The third-order valence-electron chi connectivity index (χ3n) is 12.1. The number of urea groups is 1. The number of rotatable bonds is 21. The van der Waals surface area contributed by atoms with Crippen LogP contribution >= 0.6 is 0 Å². The van der Waals surface area contributed by atoms with E-state index in [4.69, 9.17) is 24.7 Å². The highest BCUT2D eigenvalue weighted by Crippen LogP contribution is 2.34. The minimum atomic E-state index is -4.47. The Kier molecular flexibility index (Phi) is 18.1. The number of alkyl halides is 3. The molecule has 71 heavy (non-hydrogen) atoms. The van der Waals surface area contributed by atoms with E-state index in [1.165, 1.54) is 23.8 Å². The monoisotopic (exact) mass is 1010 g/mol. The minimum Gasteiger partial charge on any atom is -0.507 e. The van der Waals surface area contributed by atoms with E-state index in [2.05, 4.69) is 47.8 Å². The largest absolute Gasteiger partial charge is 0.507 e. The Labute approximate surface area is 411 Å². The molecule has 4 heterocycles. The molecule has 0 saturated carbocycles. The summed E-state index contributed by atoms with van der Waals surface area (Å²) in [5.41, 5.74) is 9.82. The first-order valence-corrected chi connectivity index (χ1v) is 25.3.